The predicted octanol–water partition coefficient (Wildman–Crippen LogP) is 5.62. The average Bonchev–Trinajstić information content (AvgIpc) is 3.02. The van der Waals surface area contributed by atoms with Gasteiger partial charge in [0.2, 0.25) is 0 Å². The molecule has 0 atom stereocenters. The predicted molar refractivity (Wildman–Crippen MR) is 124 cm³/mol. The Morgan fingerprint density at radius 2 is 1.67 bits per heavy atom. The fraction of sp³-hybridized carbons (Fsp3) is 0.280. The van der Waals surface area contributed by atoms with Crippen LogP contribution < -0.4 is 9.64 Å². The molecule has 5 nitrogen and oxygen atoms in total. The molecule has 0 saturated heterocycles. The average molecular weight is 404 g/mol. The molecule has 1 aromatic heterocycles. The van der Waals surface area contributed by atoms with E-state index in [9.17, 15) is 4.79 Å². The van der Waals surface area contributed by atoms with E-state index in [-0.39, 0.29) is 5.97 Å². The number of nitrogens with zero attached hydrogens (tertiary/aromatic N) is 3. The van der Waals surface area contributed by atoms with Gasteiger partial charge in [0.1, 0.15) is 5.75 Å². The van der Waals surface area contributed by atoms with Gasteiger partial charge < -0.3 is 14.2 Å². The molecule has 0 bridgehead atoms. The van der Waals surface area contributed by atoms with Crippen LogP contribution in [0, 0.1) is 13.8 Å². The summed E-state index contributed by atoms with van der Waals surface area (Å²) in [4.78, 5) is 18.1. The summed E-state index contributed by atoms with van der Waals surface area (Å²) >= 11 is 0. The van der Waals surface area contributed by atoms with E-state index in [1.807, 2.05) is 18.3 Å². The number of benzene rings is 2. The zero-order valence-corrected chi connectivity index (χ0v) is 18.3. The molecule has 0 aliphatic carbocycles. The number of carbonyl (C=O) groups is 1. The number of rotatable bonds is 7. The van der Waals surface area contributed by atoms with Crippen LogP contribution in [-0.4, -0.2) is 29.8 Å². The number of anilines is 1. The van der Waals surface area contributed by atoms with E-state index in [1.54, 1.807) is 12.1 Å². The highest BCUT2D eigenvalue weighted by Crippen LogP contribution is 2.24. The monoisotopic (exact) mass is 403 g/mol. The Morgan fingerprint density at radius 3 is 2.23 bits per heavy atom. The summed E-state index contributed by atoms with van der Waals surface area (Å²) in [5, 5.41) is 0. The number of hydrogen-bond acceptors (Lipinski definition) is 4. The van der Waals surface area contributed by atoms with Crippen molar-refractivity contribution in [2.45, 2.75) is 34.6 Å². The maximum atomic E-state index is 11.1. The van der Waals surface area contributed by atoms with Crippen molar-refractivity contribution in [2.24, 2.45) is 4.99 Å². The maximum absolute atomic E-state index is 11.1. The molecule has 0 radical (unpaired) electrons. The minimum absolute atomic E-state index is 0.320. The molecule has 0 spiro atoms. The van der Waals surface area contributed by atoms with Gasteiger partial charge in [0.05, 0.1) is 5.69 Å². The lowest BCUT2D eigenvalue weighted by Gasteiger charge is -2.20. The van der Waals surface area contributed by atoms with Crippen LogP contribution in [0.2, 0.25) is 0 Å². The number of hydrogen-bond donors (Lipinski definition) is 0. The SMILES string of the molecule is CCN(CC)c1ccc(N=Cc2cc(C)n(-c3ccc(OC(C)=O)cc3)c2C)cc1. The number of aryl methyl sites for hydroxylation is 1. The minimum atomic E-state index is -0.320. The van der Waals surface area contributed by atoms with Gasteiger partial charge >= 0.3 is 5.97 Å². The van der Waals surface area contributed by atoms with E-state index in [1.165, 1.54) is 12.6 Å². The van der Waals surface area contributed by atoms with Crippen molar-refractivity contribution in [3.63, 3.8) is 0 Å². The van der Waals surface area contributed by atoms with Crippen molar-refractivity contribution < 1.29 is 9.53 Å². The van der Waals surface area contributed by atoms with Gasteiger partial charge in [0.25, 0.3) is 0 Å². The Bertz CT molecular complexity index is 1030. The van der Waals surface area contributed by atoms with Crippen LogP contribution in [0.4, 0.5) is 11.4 Å². The molecule has 2 aromatic carbocycles. The minimum Gasteiger partial charge on any atom is -0.427 e. The Labute approximate surface area is 178 Å². The Kier molecular flexibility index (Phi) is 6.72. The van der Waals surface area contributed by atoms with Crippen molar-refractivity contribution in [3.05, 3.63) is 71.5 Å². The molecule has 0 saturated carbocycles. The van der Waals surface area contributed by atoms with Gasteiger partial charge in [-0.2, -0.15) is 0 Å². The zero-order chi connectivity index (χ0) is 21.7. The normalized spacial score (nSPS) is 11.1. The first-order valence-corrected chi connectivity index (χ1v) is 10.3. The summed E-state index contributed by atoms with van der Waals surface area (Å²) in [7, 11) is 0. The molecule has 0 N–H and O–H groups in total. The lowest BCUT2D eigenvalue weighted by atomic mass is 10.2. The molecular formula is C25H29N3O2. The lowest BCUT2D eigenvalue weighted by molar-refractivity contribution is -0.131. The Hall–Kier alpha value is -3.34. The summed E-state index contributed by atoms with van der Waals surface area (Å²) < 4.78 is 7.29. The quantitative estimate of drug-likeness (QED) is 0.292. The van der Waals surface area contributed by atoms with E-state index in [0.29, 0.717) is 5.75 Å². The fourth-order valence-corrected chi connectivity index (χ4v) is 3.63. The van der Waals surface area contributed by atoms with Crippen LogP contribution in [-0.2, 0) is 4.79 Å². The van der Waals surface area contributed by atoms with Gasteiger partial charge in [0.15, 0.2) is 0 Å². The first-order valence-electron chi connectivity index (χ1n) is 10.3. The molecule has 0 unspecified atom stereocenters. The van der Waals surface area contributed by atoms with E-state index in [2.05, 4.69) is 72.5 Å². The van der Waals surface area contributed by atoms with Gasteiger partial charge in [-0.3, -0.25) is 9.79 Å². The smallest absolute Gasteiger partial charge is 0.308 e. The second-order valence-electron chi connectivity index (χ2n) is 7.20. The second kappa shape index (κ2) is 9.44. The first kappa shape index (κ1) is 21.4. The van der Waals surface area contributed by atoms with Crippen LogP contribution >= 0.6 is 0 Å². The zero-order valence-electron chi connectivity index (χ0n) is 18.3. The molecule has 0 amide bonds. The van der Waals surface area contributed by atoms with E-state index < -0.39 is 0 Å². The van der Waals surface area contributed by atoms with Gasteiger partial charge in [0, 0.05) is 54.6 Å². The molecule has 156 valence electrons. The highest BCUT2D eigenvalue weighted by atomic mass is 16.5. The van der Waals surface area contributed by atoms with Crippen molar-refractivity contribution >= 4 is 23.6 Å². The van der Waals surface area contributed by atoms with Gasteiger partial charge in [-0.05, 0) is 82.3 Å². The van der Waals surface area contributed by atoms with Gasteiger partial charge in [-0.15, -0.1) is 0 Å². The molecule has 0 aliphatic heterocycles. The molecular weight excluding hydrogens is 374 g/mol. The molecule has 30 heavy (non-hydrogen) atoms. The van der Waals surface area contributed by atoms with E-state index in [4.69, 9.17) is 4.74 Å². The molecule has 0 fully saturated rings. The highest BCUT2D eigenvalue weighted by molar-refractivity contribution is 5.84. The van der Waals surface area contributed by atoms with Crippen molar-refractivity contribution in [2.75, 3.05) is 18.0 Å². The first-order chi connectivity index (χ1) is 14.4. The van der Waals surface area contributed by atoms with Crippen LogP contribution in [0.15, 0.2) is 59.6 Å². The number of esters is 1. The van der Waals surface area contributed by atoms with E-state index in [0.717, 1.165) is 41.4 Å². The third-order valence-electron chi connectivity index (χ3n) is 5.16. The number of aromatic nitrogens is 1. The molecule has 3 rings (SSSR count). The molecule has 0 aliphatic rings. The Morgan fingerprint density at radius 1 is 1.03 bits per heavy atom. The van der Waals surface area contributed by atoms with Crippen molar-refractivity contribution in [1.82, 2.24) is 4.57 Å². The third kappa shape index (κ3) is 4.79. The largest absolute Gasteiger partial charge is 0.427 e. The van der Waals surface area contributed by atoms with Crippen LogP contribution in [0.3, 0.4) is 0 Å². The highest BCUT2D eigenvalue weighted by Gasteiger charge is 2.10. The van der Waals surface area contributed by atoms with Crippen molar-refractivity contribution in [1.29, 1.82) is 0 Å². The van der Waals surface area contributed by atoms with Crippen molar-refractivity contribution in [3.8, 4) is 11.4 Å². The summed E-state index contributed by atoms with van der Waals surface area (Å²) in [6.45, 7) is 11.9. The summed E-state index contributed by atoms with van der Waals surface area (Å²) in [6, 6.07) is 18.0. The second-order valence-corrected chi connectivity index (χ2v) is 7.20. The third-order valence-corrected chi connectivity index (χ3v) is 5.16. The van der Waals surface area contributed by atoms with Crippen LogP contribution in [0.5, 0.6) is 5.75 Å². The van der Waals surface area contributed by atoms with Gasteiger partial charge in [-0.1, -0.05) is 0 Å². The fourth-order valence-electron chi connectivity index (χ4n) is 3.63. The molecule has 5 heteroatoms. The van der Waals surface area contributed by atoms with Gasteiger partial charge in [-0.25, -0.2) is 0 Å². The topological polar surface area (TPSA) is 46.8 Å². The number of ether oxygens (including phenoxy) is 1. The van der Waals surface area contributed by atoms with Crippen LogP contribution in [0.1, 0.15) is 37.7 Å². The summed E-state index contributed by atoms with van der Waals surface area (Å²) in [5.41, 5.74) is 6.46. The number of carbonyl (C=O) groups excluding carboxylic acids is 1. The molecule has 3 aromatic rings. The summed E-state index contributed by atoms with van der Waals surface area (Å²) in [6.07, 6.45) is 1.92. The lowest BCUT2D eigenvalue weighted by Crippen LogP contribution is -2.21. The molecule has 1 heterocycles. The maximum Gasteiger partial charge on any atom is 0.308 e. The standard InChI is InChI=1S/C25H29N3O2/c1-6-27(7-2)23-10-8-22(9-11-23)26-17-21-16-18(3)28(19(21)4)24-12-14-25(15-13-24)30-20(5)29/h8-17H,6-7H2,1-5H3. The van der Waals surface area contributed by atoms with E-state index >= 15 is 0 Å². The summed E-state index contributed by atoms with van der Waals surface area (Å²) in [5.74, 6) is 0.225. The number of aliphatic imine (C=N–C) groups is 1. The Balaban J connectivity index is 1.81. The van der Waals surface area contributed by atoms with Crippen LogP contribution in [0.25, 0.3) is 5.69 Å².